The number of aromatic nitrogens is 1. The molecule has 116 valence electrons. The van der Waals surface area contributed by atoms with E-state index in [9.17, 15) is 9.59 Å². The maximum atomic E-state index is 11.7. The molecule has 2 rings (SSSR count). The predicted molar refractivity (Wildman–Crippen MR) is 79.7 cm³/mol. The third kappa shape index (κ3) is 4.32. The Bertz CT molecular complexity index is 698. The number of carboxylic acid groups (broad SMARTS) is 1. The van der Waals surface area contributed by atoms with Gasteiger partial charge in [-0.25, -0.2) is 0 Å². The number of halogens is 1. The fraction of sp³-hybridized carbons (Fsp3) is 0.214. The first kappa shape index (κ1) is 16.0. The Morgan fingerprint density at radius 1 is 1.41 bits per heavy atom. The molecule has 2 aromatic rings. The van der Waals surface area contributed by atoms with Crippen LogP contribution in [0.5, 0.6) is 5.75 Å². The third-order valence-corrected chi connectivity index (χ3v) is 3.26. The van der Waals surface area contributed by atoms with Crippen LogP contribution >= 0.6 is 15.9 Å². The lowest BCUT2D eigenvalue weighted by Gasteiger charge is -2.08. The average molecular weight is 369 g/mol. The van der Waals surface area contributed by atoms with E-state index in [2.05, 4.69) is 26.4 Å². The van der Waals surface area contributed by atoms with Crippen molar-refractivity contribution in [2.24, 2.45) is 0 Å². The molecule has 0 saturated heterocycles. The van der Waals surface area contributed by atoms with E-state index in [0.29, 0.717) is 21.5 Å². The quantitative estimate of drug-likeness (QED) is 0.809. The number of aryl methyl sites for hydroxylation is 1. The van der Waals surface area contributed by atoms with E-state index in [1.54, 1.807) is 24.3 Å². The van der Waals surface area contributed by atoms with Crippen molar-refractivity contribution in [1.29, 1.82) is 0 Å². The van der Waals surface area contributed by atoms with Gasteiger partial charge in [-0.3, -0.25) is 9.59 Å². The number of carboxylic acids is 1. The van der Waals surface area contributed by atoms with Crippen molar-refractivity contribution >= 4 is 27.8 Å². The van der Waals surface area contributed by atoms with Crippen molar-refractivity contribution in [3.8, 4) is 5.75 Å². The number of nitrogens with zero attached hydrogens (tertiary/aromatic N) is 1. The van der Waals surface area contributed by atoms with Gasteiger partial charge in [0, 0.05) is 11.6 Å². The smallest absolute Gasteiger partial charge is 0.322 e. The Kier molecular flexibility index (Phi) is 5.16. The van der Waals surface area contributed by atoms with Crippen molar-refractivity contribution in [3.05, 3.63) is 45.8 Å². The van der Waals surface area contributed by atoms with Gasteiger partial charge in [0.05, 0.1) is 10.2 Å². The third-order valence-electron chi connectivity index (χ3n) is 2.64. The fourth-order valence-corrected chi connectivity index (χ4v) is 2.14. The van der Waals surface area contributed by atoms with E-state index in [1.165, 1.54) is 0 Å². The second-order valence-corrected chi connectivity index (χ2v) is 5.30. The minimum absolute atomic E-state index is 0.212. The van der Waals surface area contributed by atoms with Gasteiger partial charge >= 0.3 is 5.97 Å². The van der Waals surface area contributed by atoms with Crippen LogP contribution in [-0.4, -0.2) is 28.7 Å². The Morgan fingerprint density at radius 2 is 2.18 bits per heavy atom. The van der Waals surface area contributed by atoms with E-state index in [4.69, 9.17) is 14.4 Å². The molecule has 0 saturated carbocycles. The molecular formula is C14H13BrN2O5. The first-order valence-electron chi connectivity index (χ1n) is 6.30. The Morgan fingerprint density at radius 3 is 2.77 bits per heavy atom. The number of benzene rings is 1. The number of aliphatic carboxylic acids is 1. The lowest BCUT2D eigenvalue weighted by atomic mass is 10.2. The largest absolute Gasteiger partial charge is 0.484 e. The molecule has 0 bridgehead atoms. The number of nitrogens with one attached hydrogen (secondary N) is 1. The molecule has 1 heterocycles. The summed E-state index contributed by atoms with van der Waals surface area (Å²) in [4.78, 5) is 22.2. The Balaban J connectivity index is 1.99. The normalized spacial score (nSPS) is 10.3. The van der Waals surface area contributed by atoms with Crippen molar-refractivity contribution in [1.82, 2.24) is 10.5 Å². The van der Waals surface area contributed by atoms with Gasteiger partial charge in [-0.1, -0.05) is 5.16 Å². The number of hydrogen-bond acceptors (Lipinski definition) is 5. The molecule has 0 fully saturated rings. The molecule has 0 unspecified atom stereocenters. The van der Waals surface area contributed by atoms with Crippen LogP contribution in [0, 0.1) is 6.92 Å². The highest BCUT2D eigenvalue weighted by Gasteiger charge is 2.11. The number of rotatable bonds is 6. The first-order chi connectivity index (χ1) is 10.5. The average Bonchev–Trinajstić information content (AvgIpc) is 2.89. The number of carbonyl (C=O) groups excluding carboxylic acids is 1. The van der Waals surface area contributed by atoms with Gasteiger partial charge in [0.1, 0.15) is 18.9 Å². The van der Waals surface area contributed by atoms with Crippen LogP contribution in [0.15, 0.2) is 33.3 Å². The Hall–Kier alpha value is -2.35. The maximum Gasteiger partial charge on any atom is 0.322 e. The summed E-state index contributed by atoms with van der Waals surface area (Å²) >= 11 is 3.31. The van der Waals surface area contributed by atoms with Crippen LogP contribution in [0.2, 0.25) is 0 Å². The van der Waals surface area contributed by atoms with Crippen LogP contribution in [-0.2, 0) is 11.4 Å². The summed E-state index contributed by atoms with van der Waals surface area (Å²) in [6.45, 7) is 1.59. The predicted octanol–water partition coefficient (Wildman–Crippen LogP) is 2.14. The highest BCUT2D eigenvalue weighted by atomic mass is 79.9. The van der Waals surface area contributed by atoms with Crippen molar-refractivity contribution in [2.45, 2.75) is 13.5 Å². The van der Waals surface area contributed by atoms with E-state index in [1.807, 2.05) is 6.92 Å². The zero-order chi connectivity index (χ0) is 16.1. The lowest BCUT2D eigenvalue weighted by Crippen LogP contribution is -2.29. The number of amides is 1. The van der Waals surface area contributed by atoms with Gasteiger partial charge in [-0.15, -0.1) is 0 Å². The summed E-state index contributed by atoms with van der Waals surface area (Å²) in [6.07, 6.45) is 0. The van der Waals surface area contributed by atoms with Gasteiger partial charge < -0.3 is 19.7 Å². The topological polar surface area (TPSA) is 102 Å². The summed E-state index contributed by atoms with van der Waals surface area (Å²) in [5, 5.41) is 14.6. The number of hydrogen-bond donors (Lipinski definition) is 2. The van der Waals surface area contributed by atoms with Crippen molar-refractivity contribution in [3.63, 3.8) is 0 Å². The molecular weight excluding hydrogens is 356 g/mol. The molecule has 0 radical (unpaired) electrons. The van der Waals surface area contributed by atoms with E-state index in [0.717, 1.165) is 5.69 Å². The lowest BCUT2D eigenvalue weighted by molar-refractivity contribution is -0.135. The molecule has 0 aliphatic carbocycles. The Labute approximate surface area is 134 Å². The van der Waals surface area contributed by atoms with Crippen LogP contribution in [0.1, 0.15) is 21.8 Å². The molecule has 1 amide bonds. The van der Waals surface area contributed by atoms with E-state index >= 15 is 0 Å². The second-order valence-electron chi connectivity index (χ2n) is 4.44. The molecule has 0 aliphatic rings. The molecule has 0 spiro atoms. The summed E-state index contributed by atoms with van der Waals surface area (Å²) in [6, 6.07) is 6.48. The van der Waals surface area contributed by atoms with Gasteiger partial charge in [-0.05, 0) is 41.1 Å². The molecule has 1 aromatic carbocycles. The van der Waals surface area contributed by atoms with Crippen molar-refractivity contribution in [2.75, 3.05) is 6.54 Å². The highest BCUT2D eigenvalue weighted by Crippen LogP contribution is 2.27. The zero-order valence-electron chi connectivity index (χ0n) is 11.6. The minimum Gasteiger partial charge on any atom is -0.484 e. The molecule has 7 nitrogen and oxygen atoms in total. The van der Waals surface area contributed by atoms with Gasteiger partial charge in [0.15, 0.2) is 5.76 Å². The van der Waals surface area contributed by atoms with E-state index in [-0.39, 0.29) is 6.61 Å². The van der Waals surface area contributed by atoms with Crippen LogP contribution in [0.4, 0.5) is 0 Å². The zero-order valence-corrected chi connectivity index (χ0v) is 13.2. The standard InChI is InChI=1S/C14H13BrN2O5/c1-8-4-10(22-17-8)7-21-12-3-2-9(5-11(12)15)14(20)16-6-13(18)19/h2-5H,6-7H2,1H3,(H,16,20)(H,18,19). The summed E-state index contributed by atoms with van der Waals surface area (Å²) in [7, 11) is 0. The molecule has 22 heavy (non-hydrogen) atoms. The molecule has 8 heteroatoms. The monoisotopic (exact) mass is 368 g/mol. The summed E-state index contributed by atoms with van der Waals surface area (Å²) in [5.41, 5.74) is 1.10. The second kappa shape index (κ2) is 7.08. The first-order valence-corrected chi connectivity index (χ1v) is 7.09. The molecule has 0 aliphatic heterocycles. The molecule has 0 atom stereocenters. The van der Waals surface area contributed by atoms with Gasteiger partial charge in [-0.2, -0.15) is 0 Å². The minimum atomic E-state index is -1.10. The highest BCUT2D eigenvalue weighted by molar-refractivity contribution is 9.10. The maximum absolute atomic E-state index is 11.7. The van der Waals surface area contributed by atoms with Crippen molar-refractivity contribution < 1.29 is 24.0 Å². The summed E-state index contributed by atoms with van der Waals surface area (Å²) < 4.78 is 11.2. The summed E-state index contributed by atoms with van der Waals surface area (Å²) in [5.74, 6) is -0.452. The SMILES string of the molecule is Cc1cc(COc2ccc(C(=O)NCC(=O)O)cc2Br)on1. The molecule has 2 N–H and O–H groups in total. The van der Waals surface area contributed by atoms with Crippen LogP contribution in [0.25, 0.3) is 0 Å². The molecule has 1 aromatic heterocycles. The van der Waals surface area contributed by atoms with E-state index < -0.39 is 18.4 Å². The fourth-order valence-electron chi connectivity index (χ4n) is 1.65. The van der Waals surface area contributed by atoms with Gasteiger partial charge in [0.25, 0.3) is 5.91 Å². The number of carbonyl (C=O) groups is 2. The van der Waals surface area contributed by atoms with Crippen LogP contribution < -0.4 is 10.1 Å². The van der Waals surface area contributed by atoms with Gasteiger partial charge in [0.2, 0.25) is 0 Å². The van der Waals surface area contributed by atoms with Crippen LogP contribution in [0.3, 0.4) is 0 Å². The number of ether oxygens (including phenoxy) is 1.